The Hall–Kier alpha value is -2.50. The van der Waals surface area contributed by atoms with Crippen LogP contribution in [-0.2, 0) is 0 Å². The number of hydrogen-bond donors (Lipinski definition) is 1. The number of anilines is 1. The molecule has 0 atom stereocenters. The lowest BCUT2D eigenvalue weighted by Crippen LogP contribution is -1.97. The van der Waals surface area contributed by atoms with Gasteiger partial charge in [-0.1, -0.05) is 6.07 Å². The summed E-state index contributed by atoms with van der Waals surface area (Å²) in [6.45, 7) is 0. The highest BCUT2D eigenvalue weighted by Gasteiger charge is 2.12. The fourth-order valence-electron chi connectivity index (χ4n) is 1.79. The molecule has 0 unspecified atom stereocenters. The second kappa shape index (κ2) is 3.76. The van der Waals surface area contributed by atoms with Gasteiger partial charge in [-0.25, -0.2) is 18.7 Å². The Labute approximate surface area is 101 Å². The van der Waals surface area contributed by atoms with Crippen LogP contribution in [0.1, 0.15) is 0 Å². The summed E-state index contributed by atoms with van der Waals surface area (Å²) in [6, 6.07) is 3.70. The molecule has 0 spiro atoms. The molecule has 0 aliphatic rings. The topological polar surface area (TPSA) is 56.2 Å². The zero-order valence-electron chi connectivity index (χ0n) is 9.14. The van der Waals surface area contributed by atoms with Crippen LogP contribution in [0.3, 0.4) is 0 Å². The van der Waals surface area contributed by atoms with Crippen molar-refractivity contribution in [3.8, 4) is 11.1 Å². The molecule has 0 radical (unpaired) electrons. The number of nitrogens with zero attached hydrogens (tertiary/aromatic N) is 3. The lowest BCUT2D eigenvalue weighted by atomic mass is 10.1. The van der Waals surface area contributed by atoms with Crippen molar-refractivity contribution in [2.24, 2.45) is 0 Å². The lowest BCUT2D eigenvalue weighted by Gasteiger charge is -2.05. The zero-order chi connectivity index (χ0) is 12.7. The molecule has 1 aromatic carbocycles. The highest BCUT2D eigenvalue weighted by molar-refractivity contribution is 5.64. The Bertz CT molecular complexity index is 716. The maximum atomic E-state index is 13.6. The Morgan fingerprint density at radius 3 is 2.44 bits per heavy atom. The number of rotatable bonds is 1. The van der Waals surface area contributed by atoms with E-state index in [0.29, 0.717) is 17.2 Å². The summed E-state index contributed by atoms with van der Waals surface area (Å²) in [5, 5.41) is 0. The number of fused-ring (bicyclic) bond motifs is 1. The monoisotopic (exact) mass is 246 g/mol. The number of benzene rings is 1. The van der Waals surface area contributed by atoms with Crippen molar-refractivity contribution in [2.45, 2.75) is 0 Å². The van der Waals surface area contributed by atoms with Crippen molar-refractivity contribution in [1.82, 2.24) is 14.4 Å². The number of hydrogen-bond acceptors (Lipinski definition) is 3. The van der Waals surface area contributed by atoms with Crippen LogP contribution < -0.4 is 5.73 Å². The van der Waals surface area contributed by atoms with Crippen molar-refractivity contribution in [3.05, 3.63) is 48.4 Å². The maximum absolute atomic E-state index is 13.6. The van der Waals surface area contributed by atoms with Crippen LogP contribution in [-0.4, -0.2) is 14.4 Å². The maximum Gasteiger partial charge on any atom is 0.235 e. The standard InChI is InChI=1S/C12H8F2N4/c13-8-2-1-3-9(14)11(8)7-4-16-12-17-5-10(15)18(12)6-7/h1-6H,15H2. The third-order valence-electron chi connectivity index (χ3n) is 2.64. The number of imidazole rings is 1. The van der Waals surface area contributed by atoms with Crippen molar-refractivity contribution in [1.29, 1.82) is 0 Å². The highest BCUT2D eigenvalue weighted by Crippen LogP contribution is 2.25. The van der Waals surface area contributed by atoms with Crippen molar-refractivity contribution in [2.75, 3.05) is 5.73 Å². The molecule has 2 aromatic heterocycles. The number of nitrogen functional groups attached to an aromatic ring is 1. The smallest absolute Gasteiger partial charge is 0.235 e. The summed E-state index contributed by atoms with van der Waals surface area (Å²) in [5.41, 5.74) is 5.86. The first-order valence-electron chi connectivity index (χ1n) is 5.20. The molecule has 0 aliphatic carbocycles. The van der Waals surface area contributed by atoms with E-state index in [0.717, 1.165) is 0 Å². The normalized spacial score (nSPS) is 11.0. The fraction of sp³-hybridized carbons (Fsp3) is 0. The molecule has 3 aromatic rings. The van der Waals surface area contributed by atoms with Gasteiger partial charge in [-0.15, -0.1) is 0 Å². The predicted octanol–water partition coefficient (Wildman–Crippen LogP) is 2.26. The number of nitrogens with two attached hydrogens (primary N) is 1. The fourth-order valence-corrected chi connectivity index (χ4v) is 1.79. The van der Waals surface area contributed by atoms with E-state index in [-0.39, 0.29) is 5.56 Å². The molecule has 0 aliphatic heterocycles. The van der Waals surface area contributed by atoms with Crippen molar-refractivity contribution >= 4 is 11.6 Å². The van der Waals surface area contributed by atoms with Gasteiger partial charge in [-0.2, -0.15) is 0 Å². The Balaban J connectivity index is 2.28. The van der Waals surface area contributed by atoms with Gasteiger partial charge >= 0.3 is 0 Å². The van der Waals surface area contributed by atoms with Gasteiger partial charge in [0.2, 0.25) is 5.78 Å². The van der Waals surface area contributed by atoms with Gasteiger partial charge < -0.3 is 5.73 Å². The summed E-state index contributed by atoms with van der Waals surface area (Å²) in [6.07, 6.45) is 4.30. The molecular formula is C12H8F2N4. The summed E-state index contributed by atoms with van der Waals surface area (Å²) < 4.78 is 28.8. The van der Waals surface area contributed by atoms with Crippen molar-refractivity contribution in [3.63, 3.8) is 0 Å². The Morgan fingerprint density at radius 1 is 1.06 bits per heavy atom. The highest BCUT2D eigenvalue weighted by atomic mass is 19.1. The molecule has 0 fully saturated rings. The molecule has 90 valence electrons. The van der Waals surface area contributed by atoms with Gasteiger partial charge in [0.15, 0.2) is 0 Å². The first kappa shape index (κ1) is 10.6. The van der Waals surface area contributed by atoms with Crippen molar-refractivity contribution < 1.29 is 8.78 Å². The van der Waals surface area contributed by atoms with E-state index in [2.05, 4.69) is 9.97 Å². The van der Waals surface area contributed by atoms with E-state index in [1.807, 2.05) is 0 Å². The molecule has 3 rings (SSSR count). The second-order valence-electron chi connectivity index (χ2n) is 3.79. The number of aromatic nitrogens is 3. The summed E-state index contributed by atoms with van der Waals surface area (Å²) in [5.74, 6) is -0.547. The average molecular weight is 246 g/mol. The van der Waals surface area contributed by atoms with Crippen LogP contribution in [0.2, 0.25) is 0 Å². The Morgan fingerprint density at radius 2 is 1.72 bits per heavy atom. The molecule has 18 heavy (non-hydrogen) atoms. The lowest BCUT2D eigenvalue weighted by molar-refractivity contribution is 0.589. The molecule has 4 nitrogen and oxygen atoms in total. The van der Waals surface area contributed by atoms with Gasteiger partial charge in [0.1, 0.15) is 17.5 Å². The number of halogens is 2. The van der Waals surface area contributed by atoms with Crippen LogP contribution in [0, 0.1) is 11.6 Å². The van der Waals surface area contributed by atoms with E-state index in [1.54, 1.807) is 0 Å². The molecule has 0 saturated heterocycles. The molecule has 0 amide bonds. The predicted molar refractivity (Wildman–Crippen MR) is 62.8 cm³/mol. The minimum Gasteiger partial charge on any atom is -0.383 e. The van der Waals surface area contributed by atoms with Crippen LogP contribution in [0.4, 0.5) is 14.6 Å². The van der Waals surface area contributed by atoms with E-state index in [9.17, 15) is 8.78 Å². The molecular weight excluding hydrogens is 238 g/mol. The first-order valence-corrected chi connectivity index (χ1v) is 5.20. The van der Waals surface area contributed by atoms with E-state index in [4.69, 9.17) is 5.73 Å². The van der Waals surface area contributed by atoms with Gasteiger partial charge in [0.25, 0.3) is 0 Å². The Kier molecular flexibility index (Phi) is 2.22. The van der Waals surface area contributed by atoms with E-state index < -0.39 is 11.6 Å². The molecule has 0 saturated carbocycles. The second-order valence-corrected chi connectivity index (χ2v) is 3.79. The molecule has 6 heteroatoms. The first-order chi connectivity index (χ1) is 8.66. The molecule has 0 bridgehead atoms. The van der Waals surface area contributed by atoms with Crippen LogP contribution in [0.25, 0.3) is 16.9 Å². The van der Waals surface area contributed by atoms with Crippen LogP contribution in [0.15, 0.2) is 36.8 Å². The zero-order valence-corrected chi connectivity index (χ0v) is 9.14. The third-order valence-corrected chi connectivity index (χ3v) is 2.64. The SMILES string of the molecule is Nc1cnc2ncc(-c3c(F)cccc3F)cn12. The molecule has 2 heterocycles. The van der Waals surface area contributed by atoms with Crippen LogP contribution in [0.5, 0.6) is 0 Å². The van der Waals surface area contributed by atoms with E-state index >= 15 is 0 Å². The van der Waals surface area contributed by atoms with E-state index in [1.165, 1.54) is 41.2 Å². The summed E-state index contributed by atoms with van der Waals surface area (Å²) >= 11 is 0. The third kappa shape index (κ3) is 1.50. The summed E-state index contributed by atoms with van der Waals surface area (Å²) in [7, 11) is 0. The summed E-state index contributed by atoms with van der Waals surface area (Å²) in [4.78, 5) is 7.94. The quantitative estimate of drug-likeness (QED) is 0.716. The van der Waals surface area contributed by atoms with Gasteiger partial charge in [-0.3, -0.25) is 4.40 Å². The minimum atomic E-state index is -0.644. The average Bonchev–Trinajstić information content (AvgIpc) is 2.71. The van der Waals surface area contributed by atoms with Gasteiger partial charge in [-0.05, 0) is 12.1 Å². The van der Waals surface area contributed by atoms with Gasteiger partial charge in [0.05, 0.1) is 11.8 Å². The van der Waals surface area contributed by atoms with Gasteiger partial charge in [0, 0.05) is 18.0 Å². The molecule has 2 N–H and O–H groups in total. The van der Waals surface area contributed by atoms with Crippen LogP contribution >= 0.6 is 0 Å². The minimum absolute atomic E-state index is 0.125. The largest absolute Gasteiger partial charge is 0.383 e.